The van der Waals surface area contributed by atoms with Crippen molar-refractivity contribution >= 4 is 27.7 Å². The average molecular weight is 1040 g/mol. The molecular formula is C54H59BrF4N6O6. The molecule has 2 saturated heterocycles. The van der Waals surface area contributed by atoms with Gasteiger partial charge in [-0.15, -0.1) is 0 Å². The maximum absolute atomic E-state index is 13.7. The van der Waals surface area contributed by atoms with Crippen LogP contribution in [0.4, 0.5) is 17.6 Å². The molecule has 2 aromatic heterocycles. The van der Waals surface area contributed by atoms with Crippen molar-refractivity contribution in [3.63, 3.8) is 0 Å². The van der Waals surface area contributed by atoms with Gasteiger partial charge in [0.25, 0.3) is 0 Å². The second kappa shape index (κ2) is 28.6. The maximum Gasteiger partial charge on any atom is 0.224 e. The number of pyridine rings is 2. The molecule has 4 heterocycles. The number of aromatic nitrogens is 2. The summed E-state index contributed by atoms with van der Waals surface area (Å²) in [5, 5.41) is 29.1. The second-order valence-corrected chi connectivity index (χ2v) is 17.7. The smallest absolute Gasteiger partial charge is 0.224 e. The van der Waals surface area contributed by atoms with Crippen molar-refractivity contribution in [1.82, 2.24) is 30.8 Å². The van der Waals surface area contributed by atoms with E-state index in [1.165, 1.54) is 0 Å². The van der Waals surface area contributed by atoms with Gasteiger partial charge in [0.15, 0.2) is 23.1 Å². The van der Waals surface area contributed by atoms with Crippen LogP contribution in [0.15, 0.2) is 134 Å². The third-order valence-electron chi connectivity index (χ3n) is 11.9. The number of nitrogens with one attached hydrogen (secondary N) is 3. The van der Waals surface area contributed by atoms with Gasteiger partial charge in [-0.05, 0) is 123 Å². The van der Waals surface area contributed by atoms with Crippen LogP contribution < -0.4 is 25.4 Å². The largest absolute Gasteiger partial charge is 0.490 e. The van der Waals surface area contributed by atoms with Crippen molar-refractivity contribution < 1.29 is 46.8 Å². The Hall–Kier alpha value is -6.24. The van der Waals surface area contributed by atoms with Gasteiger partial charge in [-0.25, -0.2) is 17.6 Å². The molecule has 0 spiro atoms. The number of hydrogen-bond acceptors (Lipinski definition) is 10. The van der Waals surface area contributed by atoms with Gasteiger partial charge in [0.1, 0.15) is 18.2 Å². The number of amides is 2. The van der Waals surface area contributed by atoms with Crippen molar-refractivity contribution in [2.45, 2.75) is 51.0 Å². The Balaban J connectivity index is 0.000000197. The number of aliphatic hydroxyl groups excluding tert-OH is 2. The minimum Gasteiger partial charge on any atom is -0.490 e. The average Bonchev–Trinajstić information content (AvgIpc) is 3.42. The highest BCUT2D eigenvalue weighted by Gasteiger charge is 2.29. The van der Waals surface area contributed by atoms with Crippen LogP contribution in [0.5, 0.6) is 11.5 Å². The molecule has 0 radical (unpaired) electrons. The van der Waals surface area contributed by atoms with Gasteiger partial charge in [-0.2, -0.15) is 0 Å². The summed E-state index contributed by atoms with van der Waals surface area (Å²) in [6.45, 7) is 4.20. The first-order valence-electron chi connectivity index (χ1n) is 23.5. The summed E-state index contributed by atoms with van der Waals surface area (Å²) in [5.74, 6) is -2.38. The minimum atomic E-state index is -0.589. The van der Waals surface area contributed by atoms with E-state index in [0.717, 1.165) is 96.0 Å². The van der Waals surface area contributed by atoms with Gasteiger partial charge in [0.2, 0.25) is 11.8 Å². The summed E-state index contributed by atoms with van der Waals surface area (Å²) in [4.78, 5) is 36.9. The zero-order chi connectivity index (χ0) is 50.4. The van der Waals surface area contributed by atoms with E-state index in [2.05, 4.69) is 46.7 Å². The minimum absolute atomic E-state index is 0.0228. The number of carbonyl (C=O) groups excluding carboxylic acids is 2. The summed E-state index contributed by atoms with van der Waals surface area (Å²) in [7, 11) is 0. The van der Waals surface area contributed by atoms with E-state index in [9.17, 15) is 37.4 Å². The quantitative estimate of drug-likeness (QED) is 0.0444. The normalized spacial score (nSPS) is 14.9. The number of aliphatic hydroxyl groups is 2. The highest BCUT2D eigenvalue weighted by atomic mass is 79.9. The van der Waals surface area contributed by atoms with Crippen LogP contribution in [0.3, 0.4) is 0 Å². The van der Waals surface area contributed by atoms with Crippen molar-refractivity contribution in [1.29, 1.82) is 0 Å². The number of halogens is 5. The number of alkyl halides is 1. The molecule has 5 N–H and O–H groups in total. The van der Waals surface area contributed by atoms with Gasteiger partial charge < -0.3 is 35.6 Å². The second-order valence-electron chi connectivity index (χ2n) is 16.9. The zero-order valence-electron chi connectivity index (χ0n) is 39.2. The molecule has 12 nitrogen and oxygen atoms in total. The lowest BCUT2D eigenvalue weighted by molar-refractivity contribution is -0.127. The standard InChI is InChI=1S/C27H29F2N3O3.C19H23N3O2.C8H7BrF2O/c28-22-7-8-23(29)25(17-22)35-15-14-32-12-9-20(10-13-32)27(34)31-26(24-6-1-2-11-30-24)21-5-3-4-19(16-21)18-33;23-13-14-4-3-5-16(12-14)18(17-6-1-2-9-21-17)22-19(24)15-7-10-20-11-8-15;9-3-4-12-8-5-6(10)1-2-7(8)11/h1-8,11,16-17,20,26,33H,9-10,12-15,18H2,(H,31,34);1-6,9,12,15,18,20,23H,7-8,10-11,13H2,(H,22,24);1-2,5H,3-4H2. The Morgan fingerprint density at radius 3 is 1.56 bits per heavy atom. The van der Waals surface area contributed by atoms with Gasteiger partial charge in [-0.3, -0.25) is 24.5 Å². The topological polar surface area (TPSA) is 158 Å². The molecule has 0 bridgehead atoms. The van der Waals surface area contributed by atoms with Crippen LogP contribution >= 0.6 is 15.9 Å². The Morgan fingerprint density at radius 2 is 1.11 bits per heavy atom. The molecule has 8 rings (SSSR count). The number of carbonyl (C=O) groups is 2. The maximum atomic E-state index is 13.7. The Labute approximate surface area is 420 Å². The fourth-order valence-corrected chi connectivity index (χ4v) is 8.29. The van der Waals surface area contributed by atoms with Crippen LogP contribution in [-0.4, -0.2) is 88.2 Å². The summed E-state index contributed by atoms with van der Waals surface area (Å²) in [6, 6.07) is 32.0. The molecule has 2 fully saturated rings. The third-order valence-corrected chi connectivity index (χ3v) is 12.3. The van der Waals surface area contributed by atoms with Crippen LogP contribution in [0.1, 0.15) is 71.4 Å². The van der Waals surface area contributed by atoms with Crippen LogP contribution in [-0.2, 0) is 22.8 Å². The number of rotatable bonds is 17. The number of nitrogens with zero attached hydrogens (tertiary/aromatic N) is 3. The molecule has 0 saturated carbocycles. The molecule has 2 unspecified atom stereocenters. The molecule has 4 aromatic carbocycles. The predicted octanol–water partition coefficient (Wildman–Crippen LogP) is 8.37. The molecule has 2 aliphatic rings. The predicted molar refractivity (Wildman–Crippen MR) is 265 cm³/mol. The van der Waals surface area contributed by atoms with Gasteiger partial charge in [-0.1, -0.05) is 76.6 Å². The molecule has 2 amide bonds. The molecule has 376 valence electrons. The monoisotopic (exact) mass is 1040 g/mol. The van der Waals surface area contributed by atoms with E-state index >= 15 is 0 Å². The summed E-state index contributed by atoms with van der Waals surface area (Å²) in [6.07, 6.45) is 6.52. The van der Waals surface area contributed by atoms with E-state index in [1.807, 2.05) is 84.9 Å². The van der Waals surface area contributed by atoms with Crippen LogP contribution in [0, 0.1) is 35.1 Å². The Kier molecular flexibility index (Phi) is 21.8. The first-order valence-corrected chi connectivity index (χ1v) is 24.6. The molecule has 2 aliphatic heterocycles. The van der Waals surface area contributed by atoms with Gasteiger partial charge >= 0.3 is 0 Å². The van der Waals surface area contributed by atoms with Crippen molar-refractivity contribution in [3.8, 4) is 11.5 Å². The van der Waals surface area contributed by atoms with Crippen LogP contribution in [0.25, 0.3) is 0 Å². The van der Waals surface area contributed by atoms with E-state index in [4.69, 9.17) is 9.47 Å². The highest BCUT2D eigenvalue weighted by Crippen LogP contribution is 2.27. The number of ether oxygens (including phenoxy) is 2. The molecule has 2 atom stereocenters. The first-order chi connectivity index (χ1) is 34.5. The Bertz CT molecular complexity index is 2570. The van der Waals surface area contributed by atoms with Gasteiger partial charge in [0, 0.05) is 48.2 Å². The molecule has 71 heavy (non-hydrogen) atoms. The lowest BCUT2D eigenvalue weighted by atomic mass is 9.94. The summed E-state index contributed by atoms with van der Waals surface area (Å²) < 4.78 is 62.6. The van der Waals surface area contributed by atoms with E-state index in [1.54, 1.807) is 12.4 Å². The van der Waals surface area contributed by atoms with Crippen LogP contribution in [0.2, 0.25) is 0 Å². The van der Waals surface area contributed by atoms with Gasteiger partial charge in [0.05, 0.1) is 43.3 Å². The number of likely N-dealkylation sites (tertiary alicyclic amines) is 1. The van der Waals surface area contributed by atoms with E-state index in [-0.39, 0.29) is 61.0 Å². The number of hydrogen-bond donors (Lipinski definition) is 5. The summed E-state index contributed by atoms with van der Waals surface area (Å²) in [5.41, 5.74) is 4.92. The summed E-state index contributed by atoms with van der Waals surface area (Å²) >= 11 is 3.11. The van der Waals surface area contributed by atoms with E-state index in [0.29, 0.717) is 44.4 Å². The third kappa shape index (κ3) is 17.0. The number of benzene rings is 4. The SMILES string of the molecule is Fc1ccc(F)c(OCCBr)c1.O=C(NC(c1cccc(CO)c1)c1ccccn1)C1CCN(CCOc2cc(F)ccc2F)CC1.O=C(NC(c1cccc(CO)c1)c1ccccn1)C1CCNCC1. The lowest BCUT2D eigenvalue weighted by Crippen LogP contribution is -2.43. The lowest BCUT2D eigenvalue weighted by Gasteiger charge is -2.32. The van der Waals surface area contributed by atoms with E-state index < -0.39 is 29.3 Å². The van der Waals surface area contributed by atoms with Crippen molar-refractivity contribution in [2.75, 3.05) is 51.3 Å². The zero-order valence-corrected chi connectivity index (χ0v) is 40.8. The molecule has 6 aromatic rings. The number of piperidine rings is 2. The molecule has 0 aliphatic carbocycles. The van der Waals surface area contributed by atoms with Crippen molar-refractivity contribution in [2.24, 2.45) is 11.8 Å². The Morgan fingerprint density at radius 1 is 0.634 bits per heavy atom. The molecular weight excluding hydrogens is 985 g/mol. The fraction of sp³-hybridized carbons (Fsp3) is 0.333. The highest BCUT2D eigenvalue weighted by molar-refractivity contribution is 9.09. The molecule has 17 heteroatoms. The van der Waals surface area contributed by atoms with Crippen molar-refractivity contribution in [3.05, 3.63) is 191 Å². The first kappa shape index (κ1) is 54.1. The fourth-order valence-electron chi connectivity index (χ4n) is 8.12.